The van der Waals surface area contributed by atoms with Crippen LogP contribution in [-0.4, -0.2) is 63.4 Å². The van der Waals surface area contributed by atoms with E-state index >= 15 is 0 Å². The van der Waals surface area contributed by atoms with Gasteiger partial charge in [-0.3, -0.25) is 9.79 Å². The average molecular weight is 501 g/mol. The van der Waals surface area contributed by atoms with Crippen LogP contribution >= 0.6 is 0 Å². The average Bonchev–Trinajstić information content (AvgIpc) is 2.84. The molecule has 8 nitrogen and oxygen atoms in total. The SMILES string of the molecule is COc1cc2c(cc1OC)C(C[C@H]1CN(S(=O)(=O)Cc3ccccc3)CC[C@H]1CC(=O)O)=NCC2. The first kappa shape index (κ1) is 25.2. The zero-order valence-electron chi connectivity index (χ0n) is 20.1. The first-order valence-corrected chi connectivity index (χ1v) is 13.4. The van der Waals surface area contributed by atoms with Crippen LogP contribution in [0, 0.1) is 11.8 Å². The number of fused-ring (bicyclic) bond motifs is 1. The van der Waals surface area contributed by atoms with Gasteiger partial charge < -0.3 is 14.6 Å². The predicted octanol–water partition coefficient (Wildman–Crippen LogP) is 3.38. The van der Waals surface area contributed by atoms with E-state index in [1.165, 1.54) is 4.31 Å². The number of carboxylic acid groups (broad SMARTS) is 1. The topological polar surface area (TPSA) is 106 Å². The molecule has 0 amide bonds. The van der Waals surface area contributed by atoms with Crippen LogP contribution in [0.5, 0.6) is 11.5 Å². The third kappa shape index (κ3) is 5.85. The fourth-order valence-corrected chi connectivity index (χ4v) is 6.71. The number of rotatable bonds is 9. The molecule has 0 saturated carbocycles. The Hall–Kier alpha value is -2.91. The van der Waals surface area contributed by atoms with Gasteiger partial charge in [0, 0.05) is 37.3 Å². The monoisotopic (exact) mass is 500 g/mol. The Morgan fingerprint density at radius 3 is 2.51 bits per heavy atom. The molecule has 35 heavy (non-hydrogen) atoms. The van der Waals surface area contributed by atoms with Crippen LogP contribution in [0.2, 0.25) is 0 Å². The second-order valence-electron chi connectivity index (χ2n) is 9.15. The zero-order valence-corrected chi connectivity index (χ0v) is 21.0. The Balaban J connectivity index is 1.58. The molecule has 0 spiro atoms. The highest BCUT2D eigenvalue weighted by Crippen LogP contribution is 2.36. The maximum atomic E-state index is 13.2. The highest BCUT2D eigenvalue weighted by molar-refractivity contribution is 7.88. The molecule has 2 aromatic rings. The van der Waals surface area contributed by atoms with E-state index in [-0.39, 0.29) is 30.6 Å². The third-order valence-electron chi connectivity index (χ3n) is 6.94. The van der Waals surface area contributed by atoms with Gasteiger partial charge in [-0.25, -0.2) is 12.7 Å². The molecule has 1 fully saturated rings. The first-order valence-electron chi connectivity index (χ1n) is 11.8. The summed E-state index contributed by atoms with van der Waals surface area (Å²) < 4.78 is 38.9. The molecule has 2 aromatic carbocycles. The highest BCUT2D eigenvalue weighted by Gasteiger charge is 2.37. The van der Waals surface area contributed by atoms with E-state index in [0.717, 1.165) is 28.8 Å². The second-order valence-corrected chi connectivity index (χ2v) is 11.1. The molecule has 2 aliphatic heterocycles. The first-order chi connectivity index (χ1) is 16.8. The lowest BCUT2D eigenvalue weighted by molar-refractivity contribution is -0.138. The minimum absolute atomic E-state index is 0.0172. The van der Waals surface area contributed by atoms with Gasteiger partial charge in [-0.2, -0.15) is 0 Å². The lowest BCUT2D eigenvalue weighted by atomic mass is 9.79. The molecule has 1 N–H and O–H groups in total. The van der Waals surface area contributed by atoms with Crippen molar-refractivity contribution in [2.24, 2.45) is 16.8 Å². The molecule has 1 saturated heterocycles. The van der Waals surface area contributed by atoms with Gasteiger partial charge in [-0.1, -0.05) is 30.3 Å². The molecule has 4 rings (SSSR count). The summed E-state index contributed by atoms with van der Waals surface area (Å²) in [6.45, 7) is 1.25. The lowest BCUT2D eigenvalue weighted by Gasteiger charge is -2.38. The Morgan fingerprint density at radius 2 is 1.83 bits per heavy atom. The van der Waals surface area contributed by atoms with E-state index in [1.807, 2.05) is 42.5 Å². The van der Waals surface area contributed by atoms with Crippen molar-refractivity contribution in [1.82, 2.24) is 4.31 Å². The number of hydrogen-bond acceptors (Lipinski definition) is 6. The molecule has 0 unspecified atom stereocenters. The minimum Gasteiger partial charge on any atom is -0.493 e. The molecule has 9 heteroatoms. The van der Waals surface area contributed by atoms with Gasteiger partial charge in [0.1, 0.15) is 0 Å². The molecule has 0 bridgehead atoms. The molecule has 0 radical (unpaired) electrons. The summed E-state index contributed by atoms with van der Waals surface area (Å²) in [6, 6.07) is 13.0. The van der Waals surface area contributed by atoms with E-state index in [4.69, 9.17) is 14.5 Å². The lowest BCUT2D eigenvalue weighted by Crippen LogP contribution is -2.45. The van der Waals surface area contributed by atoms with Gasteiger partial charge in [-0.15, -0.1) is 0 Å². The Labute approximate surface area is 206 Å². The van der Waals surface area contributed by atoms with Crippen LogP contribution in [0.25, 0.3) is 0 Å². The van der Waals surface area contributed by atoms with E-state index < -0.39 is 16.0 Å². The zero-order chi connectivity index (χ0) is 25.0. The van der Waals surface area contributed by atoms with Gasteiger partial charge in [-0.05, 0) is 54.4 Å². The second kappa shape index (κ2) is 10.8. The number of carbonyl (C=O) groups is 1. The van der Waals surface area contributed by atoms with Crippen molar-refractivity contribution in [1.29, 1.82) is 0 Å². The fraction of sp³-hybridized carbons (Fsp3) is 0.462. The van der Waals surface area contributed by atoms with E-state index in [9.17, 15) is 18.3 Å². The molecule has 2 heterocycles. The Bertz CT molecular complexity index is 1200. The molecule has 2 aliphatic rings. The minimum atomic E-state index is -3.53. The number of carboxylic acids is 1. The van der Waals surface area contributed by atoms with Crippen molar-refractivity contribution in [2.45, 2.75) is 31.4 Å². The number of aliphatic carboxylic acids is 1. The van der Waals surface area contributed by atoms with Crippen molar-refractivity contribution in [3.05, 3.63) is 59.2 Å². The Kier molecular flexibility index (Phi) is 7.76. The van der Waals surface area contributed by atoms with Crippen molar-refractivity contribution in [3.63, 3.8) is 0 Å². The normalized spacial score (nSPS) is 20.6. The van der Waals surface area contributed by atoms with Crippen molar-refractivity contribution in [3.8, 4) is 11.5 Å². The number of ether oxygens (including phenoxy) is 2. The molecule has 188 valence electrons. The van der Waals surface area contributed by atoms with Crippen LogP contribution < -0.4 is 9.47 Å². The number of methoxy groups -OCH3 is 2. The summed E-state index contributed by atoms with van der Waals surface area (Å²) in [4.78, 5) is 16.4. The van der Waals surface area contributed by atoms with E-state index in [2.05, 4.69) is 0 Å². The summed E-state index contributed by atoms with van der Waals surface area (Å²) >= 11 is 0. The predicted molar refractivity (Wildman–Crippen MR) is 134 cm³/mol. The van der Waals surface area contributed by atoms with Crippen LogP contribution in [0.4, 0.5) is 0 Å². The quantitative estimate of drug-likeness (QED) is 0.566. The largest absolute Gasteiger partial charge is 0.493 e. The van der Waals surface area contributed by atoms with Crippen molar-refractivity contribution in [2.75, 3.05) is 33.9 Å². The summed E-state index contributed by atoms with van der Waals surface area (Å²) in [5, 5.41) is 9.50. The maximum absolute atomic E-state index is 13.2. The molecular weight excluding hydrogens is 468 g/mol. The molecule has 0 aromatic heterocycles. The number of hydrogen-bond donors (Lipinski definition) is 1. The summed E-state index contributed by atoms with van der Waals surface area (Å²) in [7, 11) is -0.344. The number of sulfonamides is 1. The van der Waals surface area contributed by atoms with Crippen LogP contribution in [0.1, 0.15) is 36.0 Å². The third-order valence-corrected chi connectivity index (χ3v) is 8.75. The van der Waals surface area contributed by atoms with Gasteiger partial charge in [0.15, 0.2) is 11.5 Å². The van der Waals surface area contributed by atoms with Crippen molar-refractivity contribution < 1.29 is 27.8 Å². The standard InChI is InChI=1S/C26H32N2O6S/c1-33-24-13-20-8-10-27-23(22(20)15-25(24)34-2)12-21-16-28(11-9-19(21)14-26(29)30)35(31,32)17-18-6-4-3-5-7-18/h3-7,13,15,19,21H,8-12,14,16-17H2,1-2H3,(H,29,30)/t19-,21-/m0/s1. The number of benzene rings is 2. The molecular formula is C26H32N2O6S. The van der Waals surface area contributed by atoms with E-state index in [0.29, 0.717) is 37.4 Å². The van der Waals surface area contributed by atoms with Gasteiger partial charge >= 0.3 is 5.97 Å². The van der Waals surface area contributed by atoms with Crippen LogP contribution in [-0.2, 0) is 27.0 Å². The van der Waals surface area contributed by atoms with E-state index in [1.54, 1.807) is 14.2 Å². The molecule has 2 atom stereocenters. The summed E-state index contributed by atoms with van der Waals surface area (Å²) in [5.41, 5.74) is 3.68. The van der Waals surface area contributed by atoms with Crippen LogP contribution in [0.15, 0.2) is 47.5 Å². The van der Waals surface area contributed by atoms with Crippen LogP contribution in [0.3, 0.4) is 0 Å². The van der Waals surface area contributed by atoms with Gasteiger partial charge in [0.05, 0.1) is 20.0 Å². The Morgan fingerprint density at radius 1 is 1.11 bits per heavy atom. The van der Waals surface area contributed by atoms with Gasteiger partial charge in [0.2, 0.25) is 10.0 Å². The summed E-state index contributed by atoms with van der Waals surface area (Å²) in [6.07, 6.45) is 1.82. The maximum Gasteiger partial charge on any atom is 0.303 e. The van der Waals surface area contributed by atoms with Crippen molar-refractivity contribution >= 4 is 21.7 Å². The smallest absolute Gasteiger partial charge is 0.303 e. The van der Waals surface area contributed by atoms with Gasteiger partial charge in [0.25, 0.3) is 0 Å². The highest BCUT2D eigenvalue weighted by atomic mass is 32.2. The number of aliphatic imine (C=N–C) groups is 1. The summed E-state index contributed by atoms with van der Waals surface area (Å²) in [5.74, 6) is 0.0705. The molecule has 0 aliphatic carbocycles. The fourth-order valence-electron chi connectivity index (χ4n) is 5.12. The number of nitrogens with zero attached hydrogens (tertiary/aromatic N) is 2. The number of piperidine rings is 1.